The first-order valence-corrected chi connectivity index (χ1v) is 8.38. The number of anilines is 1. The van der Waals surface area contributed by atoms with Crippen molar-refractivity contribution in [2.75, 3.05) is 5.32 Å². The number of amides is 1. The molecule has 0 unspecified atom stereocenters. The van der Waals surface area contributed by atoms with Crippen molar-refractivity contribution in [1.82, 2.24) is 5.32 Å². The van der Waals surface area contributed by atoms with E-state index in [9.17, 15) is 9.18 Å². The van der Waals surface area contributed by atoms with E-state index in [2.05, 4.69) is 10.6 Å². The molecule has 1 amide bonds. The SMILES string of the molecule is C[C@H](N[C@H](C)C(=O)Nc1ccc(F)cc1Cl)c1ccc(Cl)cc1Cl. The lowest BCUT2D eigenvalue weighted by Crippen LogP contribution is -2.39. The number of hydrogen-bond acceptors (Lipinski definition) is 2. The first-order chi connectivity index (χ1) is 11.3. The van der Waals surface area contributed by atoms with Crippen molar-refractivity contribution >= 4 is 46.4 Å². The molecule has 0 aliphatic heterocycles. The lowest BCUT2D eigenvalue weighted by atomic mass is 10.1. The van der Waals surface area contributed by atoms with Gasteiger partial charge in [0.05, 0.1) is 16.8 Å². The maximum atomic E-state index is 13.0. The molecule has 0 heterocycles. The maximum Gasteiger partial charge on any atom is 0.241 e. The van der Waals surface area contributed by atoms with Gasteiger partial charge < -0.3 is 5.32 Å². The van der Waals surface area contributed by atoms with Crippen LogP contribution in [0.3, 0.4) is 0 Å². The van der Waals surface area contributed by atoms with E-state index >= 15 is 0 Å². The fourth-order valence-corrected chi connectivity index (χ4v) is 3.01. The van der Waals surface area contributed by atoms with Crippen LogP contribution < -0.4 is 10.6 Å². The molecule has 0 aliphatic carbocycles. The van der Waals surface area contributed by atoms with E-state index in [0.29, 0.717) is 15.7 Å². The molecule has 0 bridgehead atoms. The summed E-state index contributed by atoms with van der Waals surface area (Å²) in [5, 5.41) is 7.03. The summed E-state index contributed by atoms with van der Waals surface area (Å²) < 4.78 is 13.0. The third-order valence-electron chi connectivity index (χ3n) is 3.51. The molecule has 2 aromatic carbocycles. The summed E-state index contributed by atoms with van der Waals surface area (Å²) >= 11 is 18.0. The Morgan fingerprint density at radius 3 is 2.38 bits per heavy atom. The summed E-state index contributed by atoms with van der Waals surface area (Å²) in [7, 11) is 0. The van der Waals surface area contributed by atoms with Gasteiger partial charge in [0.1, 0.15) is 5.82 Å². The monoisotopic (exact) mass is 388 g/mol. The van der Waals surface area contributed by atoms with E-state index in [1.807, 2.05) is 13.0 Å². The van der Waals surface area contributed by atoms with Gasteiger partial charge in [-0.3, -0.25) is 10.1 Å². The normalized spacial score (nSPS) is 13.4. The molecule has 128 valence electrons. The summed E-state index contributed by atoms with van der Waals surface area (Å²) in [6.45, 7) is 3.61. The van der Waals surface area contributed by atoms with E-state index in [1.165, 1.54) is 12.1 Å². The number of benzene rings is 2. The highest BCUT2D eigenvalue weighted by Gasteiger charge is 2.19. The van der Waals surface area contributed by atoms with Gasteiger partial charge in [0.25, 0.3) is 0 Å². The lowest BCUT2D eigenvalue weighted by molar-refractivity contribution is -0.117. The molecule has 0 radical (unpaired) electrons. The van der Waals surface area contributed by atoms with E-state index in [-0.39, 0.29) is 17.0 Å². The number of hydrogen-bond donors (Lipinski definition) is 2. The van der Waals surface area contributed by atoms with Gasteiger partial charge in [0.15, 0.2) is 0 Å². The molecule has 0 saturated carbocycles. The smallest absolute Gasteiger partial charge is 0.241 e. The maximum absolute atomic E-state index is 13.0. The molecule has 0 aliphatic rings. The topological polar surface area (TPSA) is 41.1 Å². The summed E-state index contributed by atoms with van der Waals surface area (Å²) in [6, 6.07) is 8.31. The predicted octanol–water partition coefficient (Wildman–Crippen LogP) is 5.46. The molecule has 0 spiro atoms. The Bertz CT molecular complexity index is 755. The van der Waals surface area contributed by atoms with Crippen LogP contribution in [0.4, 0.5) is 10.1 Å². The van der Waals surface area contributed by atoms with Gasteiger partial charge in [-0.25, -0.2) is 4.39 Å². The lowest BCUT2D eigenvalue weighted by Gasteiger charge is -2.21. The van der Waals surface area contributed by atoms with Crippen molar-refractivity contribution in [3.8, 4) is 0 Å². The number of rotatable bonds is 5. The zero-order chi connectivity index (χ0) is 17.9. The van der Waals surface area contributed by atoms with E-state index in [1.54, 1.807) is 19.1 Å². The first kappa shape index (κ1) is 19.0. The van der Waals surface area contributed by atoms with Gasteiger partial charge in [-0.15, -0.1) is 0 Å². The third kappa shape index (κ3) is 4.84. The second-order valence-corrected chi connectivity index (χ2v) is 6.64. The summed E-state index contributed by atoms with van der Waals surface area (Å²) in [5.41, 5.74) is 1.19. The van der Waals surface area contributed by atoms with Gasteiger partial charge in [-0.1, -0.05) is 40.9 Å². The Morgan fingerprint density at radius 2 is 1.75 bits per heavy atom. The summed E-state index contributed by atoms with van der Waals surface area (Å²) in [6.07, 6.45) is 0. The fraction of sp³-hybridized carbons (Fsp3) is 0.235. The minimum Gasteiger partial charge on any atom is -0.323 e. The van der Waals surface area contributed by atoms with Crippen LogP contribution in [0, 0.1) is 5.82 Å². The zero-order valence-corrected chi connectivity index (χ0v) is 15.3. The highest BCUT2D eigenvalue weighted by Crippen LogP contribution is 2.27. The minimum absolute atomic E-state index is 0.143. The van der Waals surface area contributed by atoms with Crippen LogP contribution in [-0.4, -0.2) is 11.9 Å². The van der Waals surface area contributed by atoms with Crippen molar-refractivity contribution in [2.24, 2.45) is 0 Å². The molecule has 0 fully saturated rings. The molecule has 24 heavy (non-hydrogen) atoms. The van der Waals surface area contributed by atoms with Gasteiger partial charge in [-0.2, -0.15) is 0 Å². The molecule has 7 heteroatoms. The Morgan fingerprint density at radius 1 is 1.04 bits per heavy atom. The van der Waals surface area contributed by atoms with Crippen molar-refractivity contribution in [3.63, 3.8) is 0 Å². The Hall–Kier alpha value is -1.33. The average molecular weight is 390 g/mol. The minimum atomic E-state index is -0.520. The van der Waals surface area contributed by atoms with E-state index in [4.69, 9.17) is 34.8 Å². The fourth-order valence-electron chi connectivity index (χ4n) is 2.22. The third-order valence-corrected chi connectivity index (χ3v) is 4.39. The van der Waals surface area contributed by atoms with Crippen LogP contribution >= 0.6 is 34.8 Å². The van der Waals surface area contributed by atoms with Crippen LogP contribution in [-0.2, 0) is 4.79 Å². The van der Waals surface area contributed by atoms with E-state index < -0.39 is 11.9 Å². The summed E-state index contributed by atoms with van der Waals surface area (Å²) in [4.78, 5) is 12.3. The van der Waals surface area contributed by atoms with Crippen LogP contribution in [0.15, 0.2) is 36.4 Å². The number of halogens is 4. The van der Waals surface area contributed by atoms with Gasteiger partial charge in [0.2, 0.25) is 5.91 Å². The molecule has 3 nitrogen and oxygen atoms in total. The molecular formula is C17H16Cl3FN2O. The largest absolute Gasteiger partial charge is 0.323 e. The molecule has 0 aromatic heterocycles. The van der Waals surface area contributed by atoms with Crippen molar-refractivity contribution in [2.45, 2.75) is 25.9 Å². The second kappa shape index (κ2) is 8.17. The average Bonchev–Trinajstić information content (AvgIpc) is 2.49. The predicted molar refractivity (Wildman–Crippen MR) is 97.5 cm³/mol. The molecule has 2 atom stereocenters. The summed E-state index contributed by atoms with van der Waals surface area (Å²) in [5.74, 6) is -0.754. The Balaban J connectivity index is 2.02. The zero-order valence-electron chi connectivity index (χ0n) is 13.0. The van der Waals surface area contributed by atoms with Crippen molar-refractivity contribution in [1.29, 1.82) is 0 Å². The first-order valence-electron chi connectivity index (χ1n) is 7.25. The van der Waals surface area contributed by atoms with Gasteiger partial charge in [-0.05, 0) is 49.7 Å². The highest BCUT2D eigenvalue weighted by atomic mass is 35.5. The Kier molecular flexibility index (Phi) is 6.47. The van der Waals surface area contributed by atoms with E-state index in [0.717, 1.165) is 11.6 Å². The quantitative estimate of drug-likeness (QED) is 0.712. The number of carbonyl (C=O) groups is 1. The van der Waals surface area contributed by atoms with Crippen molar-refractivity contribution in [3.05, 3.63) is 62.8 Å². The van der Waals surface area contributed by atoms with Crippen LogP contribution in [0.1, 0.15) is 25.5 Å². The second-order valence-electron chi connectivity index (χ2n) is 5.39. The molecule has 0 saturated heterocycles. The molecule has 2 aromatic rings. The molecular weight excluding hydrogens is 374 g/mol. The van der Waals surface area contributed by atoms with Crippen LogP contribution in [0.5, 0.6) is 0 Å². The number of carbonyl (C=O) groups excluding carboxylic acids is 1. The Labute approximate surface area is 155 Å². The molecule has 2 rings (SSSR count). The van der Waals surface area contributed by atoms with Crippen LogP contribution in [0.2, 0.25) is 15.1 Å². The number of nitrogens with one attached hydrogen (secondary N) is 2. The molecule has 2 N–H and O–H groups in total. The highest BCUT2D eigenvalue weighted by molar-refractivity contribution is 6.35. The van der Waals surface area contributed by atoms with Crippen LogP contribution in [0.25, 0.3) is 0 Å². The van der Waals surface area contributed by atoms with Crippen molar-refractivity contribution < 1.29 is 9.18 Å². The van der Waals surface area contributed by atoms with Gasteiger partial charge in [0, 0.05) is 16.1 Å². The standard InChI is InChI=1S/C17H16Cl3FN2O/c1-9(13-5-3-11(18)7-14(13)19)22-10(2)17(24)23-16-6-4-12(21)8-15(16)20/h3-10,22H,1-2H3,(H,23,24)/t9-,10+/m0/s1. The van der Waals surface area contributed by atoms with Gasteiger partial charge >= 0.3 is 0 Å².